The van der Waals surface area contributed by atoms with Gasteiger partial charge in [0, 0.05) is 12.1 Å². The van der Waals surface area contributed by atoms with Crippen LogP contribution >= 0.6 is 0 Å². The molecule has 0 aliphatic carbocycles. The fourth-order valence-electron chi connectivity index (χ4n) is 2.59. The van der Waals surface area contributed by atoms with E-state index in [1.165, 1.54) is 31.0 Å². The van der Waals surface area contributed by atoms with E-state index >= 15 is 0 Å². The second kappa shape index (κ2) is 7.41. The maximum Gasteiger partial charge on any atom is 0.224 e. The molecular formula is C16H24FN3O. The number of carbonyl (C=O) groups excluding carboxylic acids is 1. The maximum atomic E-state index is 13.0. The third-order valence-corrected chi connectivity index (χ3v) is 4.03. The topological polar surface area (TPSA) is 58.4 Å². The summed E-state index contributed by atoms with van der Waals surface area (Å²) in [5.41, 5.74) is 6.07. The average molecular weight is 293 g/mol. The molecule has 0 radical (unpaired) electrons. The minimum absolute atomic E-state index is 0.0496. The number of carbonyl (C=O) groups is 1. The Bertz CT molecular complexity index is 484. The molecule has 0 atom stereocenters. The summed E-state index contributed by atoms with van der Waals surface area (Å²) in [7, 11) is 0. The normalized spacial score (nSPS) is 16.9. The van der Waals surface area contributed by atoms with Gasteiger partial charge in [0.2, 0.25) is 5.91 Å². The van der Waals surface area contributed by atoms with Crippen LogP contribution in [0.2, 0.25) is 0 Å². The van der Waals surface area contributed by atoms with Crippen molar-refractivity contribution in [3.8, 4) is 0 Å². The molecule has 1 amide bonds. The van der Waals surface area contributed by atoms with E-state index in [9.17, 15) is 9.18 Å². The van der Waals surface area contributed by atoms with E-state index in [0.717, 1.165) is 32.0 Å². The average Bonchev–Trinajstić information content (AvgIpc) is 2.45. The summed E-state index contributed by atoms with van der Waals surface area (Å²) in [5, 5.41) is 2.75. The van der Waals surface area contributed by atoms with Crippen LogP contribution in [-0.4, -0.2) is 30.4 Å². The molecule has 1 aromatic rings. The molecule has 2 rings (SSSR count). The highest BCUT2D eigenvalue weighted by Crippen LogP contribution is 2.18. The highest BCUT2D eigenvalue weighted by Gasteiger charge is 2.15. The Morgan fingerprint density at radius 1 is 1.43 bits per heavy atom. The maximum absolute atomic E-state index is 13.0. The standard InChI is InChI=1S/C16H24FN3O/c1-12-6-9-20(10-7-12)8-2-3-16(21)19-13-4-5-14(17)15(18)11-13/h4-5,11-12H,2-3,6-10,18H2,1H3,(H,19,21). The number of nitrogens with zero attached hydrogens (tertiary/aromatic N) is 1. The predicted molar refractivity (Wildman–Crippen MR) is 83.5 cm³/mol. The number of anilines is 2. The monoisotopic (exact) mass is 293 g/mol. The second-order valence-corrected chi connectivity index (χ2v) is 5.91. The predicted octanol–water partition coefficient (Wildman–Crippen LogP) is 2.86. The molecule has 1 aliphatic rings. The summed E-state index contributed by atoms with van der Waals surface area (Å²) in [5.74, 6) is 0.312. The molecule has 4 nitrogen and oxygen atoms in total. The summed E-state index contributed by atoms with van der Waals surface area (Å²) in [6.07, 6.45) is 3.82. The van der Waals surface area contributed by atoms with Gasteiger partial charge in [-0.2, -0.15) is 0 Å². The van der Waals surface area contributed by atoms with Crippen molar-refractivity contribution < 1.29 is 9.18 Å². The lowest BCUT2D eigenvalue weighted by atomic mass is 9.99. The van der Waals surface area contributed by atoms with Crippen molar-refractivity contribution in [2.45, 2.75) is 32.6 Å². The molecule has 1 aliphatic heterocycles. The minimum atomic E-state index is -0.465. The van der Waals surface area contributed by atoms with Gasteiger partial charge in [0.1, 0.15) is 5.82 Å². The minimum Gasteiger partial charge on any atom is -0.396 e. The molecule has 0 aromatic heterocycles. The van der Waals surface area contributed by atoms with Gasteiger partial charge in [0.05, 0.1) is 5.69 Å². The highest BCUT2D eigenvalue weighted by molar-refractivity contribution is 5.91. The number of benzene rings is 1. The van der Waals surface area contributed by atoms with Crippen LogP contribution < -0.4 is 11.1 Å². The third-order valence-electron chi connectivity index (χ3n) is 4.03. The lowest BCUT2D eigenvalue weighted by Crippen LogP contribution is -2.33. The van der Waals surface area contributed by atoms with E-state index < -0.39 is 5.82 Å². The Morgan fingerprint density at radius 3 is 2.81 bits per heavy atom. The van der Waals surface area contributed by atoms with Gasteiger partial charge in [0.25, 0.3) is 0 Å². The van der Waals surface area contributed by atoms with Crippen molar-refractivity contribution in [1.82, 2.24) is 4.90 Å². The fourth-order valence-corrected chi connectivity index (χ4v) is 2.59. The summed E-state index contributed by atoms with van der Waals surface area (Å²) >= 11 is 0. The largest absolute Gasteiger partial charge is 0.396 e. The summed E-state index contributed by atoms with van der Waals surface area (Å²) in [6, 6.07) is 4.23. The van der Waals surface area contributed by atoms with E-state index in [0.29, 0.717) is 12.1 Å². The number of likely N-dealkylation sites (tertiary alicyclic amines) is 1. The summed E-state index contributed by atoms with van der Waals surface area (Å²) < 4.78 is 13.0. The molecule has 1 heterocycles. The van der Waals surface area contributed by atoms with Gasteiger partial charge in [-0.15, -0.1) is 0 Å². The molecule has 0 unspecified atom stereocenters. The van der Waals surface area contributed by atoms with Crippen LogP contribution in [0.5, 0.6) is 0 Å². The molecule has 1 saturated heterocycles. The first-order valence-corrected chi connectivity index (χ1v) is 7.62. The summed E-state index contributed by atoms with van der Waals surface area (Å²) in [4.78, 5) is 14.3. The number of hydrogen-bond acceptors (Lipinski definition) is 3. The van der Waals surface area contributed by atoms with E-state index in [-0.39, 0.29) is 11.6 Å². The van der Waals surface area contributed by atoms with Crippen LogP contribution in [0, 0.1) is 11.7 Å². The highest BCUT2D eigenvalue weighted by atomic mass is 19.1. The van der Waals surface area contributed by atoms with Gasteiger partial charge < -0.3 is 16.0 Å². The van der Waals surface area contributed by atoms with E-state index in [1.54, 1.807) is 0 Å². The molecule has 0 bridgehead atoms. The van der Waals surface area contributed by atoms with Gasteiger partial charge in [0.15, 0.2) is 0 Å². The molecule has 1 fully saturated rings. The van der Waals surface area contributed by atoms with Crippen molar-refractivity contribution >= 4 is 17.3 Å². The van der Waals surface area contributed by atoms with Crippen molar-refractivity contribution in [2.24, 2.45) is 5.92 Å². The van der Waals surface area contributed by atoms with Gasteiger partial charge in [-0.3, -0.25) is 4.79 Å². The zero-order valence-electron chi connectivity index (χ0n) is 12.6. The Labute approximate surface area is 125 Å². The molecule has 116 valence electrons. The molecule has 0 spiro atoms. The number of nitrogens with one attached hydrogen (secondary N) is 1. The Balaban J connectivity index is 1.68. The summed E-state index contributed by atoms with van der Waals surface area (Å²) in [6.45, 7) is 5.53. The van der Waals surface area contributed by atoms with Crippen LogP contribution in [0.1, 0.15) is 32.6 Å². The van der Waals surface area contributed by atoms with Crippen LogP contribution in [0.25, 0.3) is 0 Å². The first kappa shape index (κ1) is 15.8. The number of halogens is 1. The van der Waals surface area contributed by atoms with E-state index in [4.69, 9.17) is 5.73 Å². The van der Waals surface area contributed by atoms with Gasteiger partial charge in [-0.05, 0) is 63.0 Å². The fraction of sp³-hybridized carbons (Fsp3) is 0.562. The van der Waals surface area contributed by atoms with Crippen LogP contribution in [-0.2, 0) is 4.79 Å². The molecule has 5 heteroatoms. The van der Waals surface area contributed by atoms with Crippen LogP contribution in [0.3, 0.4) is 0 Å². The first-order chi connectivity index (χ1) is 10.0. The smallest absolute Gasteiger partial charge is 0.224 e. The Morgan fingerprint density at radius 2 is 2.14 bits per heavy atom. The first-order valence-electron chi connectivity index (χ1n) is 7.62. The number of amides is 1. The van der Waals surface area contributed by atoms with Crippen molar-refractivity contribution in [2.75, 3.05) is 30.7 Å². The van der Waals surface area contributed by atoms with Crippen molar-refractivity contribution in [3.63, 3.8) is 0 Å². The molecular weight excluding hydrogens is 269 g/mol. The molecule has 21 heavy (non-hydrogen) atoms. The lowest BCUT2D eigenvalue weighted by molar-refractivity contribution is -0.116. The number of nitrogen functional groups attached to an aromatic ring is 1. The van der Waals surface area contributed by atoms with Crippen LogP contribution in [0.4, 0.5) is 15.8 Å². The number of hydrogen-bond donors (Lipinski definition) is 2. The van der Waals surface area contributed by atoms with Gasteiger partial charge in [-0.25, -0.2) is 4.39 Å². The van der Waals surface area contributed by atoms with Crippen LogP contribution in [0.15, 0.2) is 18.2 Å². The van der Waals surface area contributed by atoms with E-state index in [1.807, 2.05) is 0 Å². The molecule has 0 saturated carbocycles. The number of rotatable bonds is 5. The van der Waals surface area contributed by atoms with Crippen molar-refractivity contribution in [3.05, 3.63) is 24.0 Å². The SMILES string of the molecule is CC1CCN(CCCC(=O)Nc2ccc(F)c(N)c2)CC1. The molecule has 1 aromatic carbocycles. The Hall–Kier alpha value is -1.62. The van der Waals surface area contributed by atoms with Crippen molar-refractivity contribution in [1.29, 1.82) is 0 Å². The third kappa shape index (κ3) is 5.01. The second-order valence-electron chi connectivity index (χ2n) is 5.91. The van der Waals surface area contributed by atoms with Gasteiger partial charge in [-0.1, -0.05) is 6.92 Å². The van der Waals surface area contributed by atoms with Gasteiger partial charge >= 0.3 is 0 Å². The number of piperidine rings is 1. The number of nitrogens with two attached hydrogens (primary N) is 1. The molecule has 3 N–H and O–H groups in total. The Kier molecular flexibility index (Phi) is 5.56. The lowest BCUT2D eigenvalue weighted by Gasteiger charge is -2.29. The van der Waals surface area contributed by atoms with E-state index in [2.05, 4.69) is 17.1 Å². The zero-order chi connectivity index (χ0) is 15.2. The zero-order valence-corrected chi connectivity index (χ0v) is 12.6. The quantitative estimate of drug-likeness (QED) is 0.821.